The summed E-state index contributed by atoms with van der Waals surface area (Å²) in [6, 6.07) is 8.10. The summed E-state index contributed by atoms with van der Waals surface area (Å²) in [7, 11) is 0. The predicted molar refractivity (Wildman–Crippen MR) is 103 cm³/mol. The lowest BCUT2D eigenvalue weighted by Crippen LogP contribution is -2.19. The number of carbonyl (C=O) groups excluding carboxylic acids is 2. The molecule has 1 aliphatic rings. The van der Waals surface area contributed by atoms with E-state index in [1.807, 2.05) is 6.07 Å². The summed E-state index contributed by atoms with van der Waals surface area (Å²) in [5, 5.41) is 5.41. The van der Waals surface area contributed by atoms with Gasteiger partial charge in [-0.25, -0.2) is 4.98 Å². The molecule has 1 aliphatic heterocycles. The molecule has 2 heterocycles. The van der Waals surface area contributed by atoms with E-state index in [4.69, 9.17) is 4.74 Å². The van der Waals surface area contributed by atoms with E-state index in [1.165, 1.54) is 18.3 Å². The van der Waals surface area contributed by atoms with E-state index in [9.17, 15) is 22.8 Å². The van der Waals surface area contributed by atoms with E-state index in [0.29, 0.717) is 37.3 Å². The molecule has 3 rings (SSSR count). The monoisotopic (exact) mass is 423 g/mol. The highest BCUT2D eigenvalue weighted by molar-refractivity contribution is 5.94. The Morgan fingerprint density at radius 2 is 2.00 bits per heavy atom. The largest absolute Gasteiger partial charge is 0.494 e. The number of aromatic nitrogens is 1. The number of hydrogen-bond donors (Lipinski definition) is 2. The lowest BCUT2D eigenvalue weighted by Gasteiger charge is -2.17. The van der Waals surface area contributed by atoms with Gasteiger partial charge in [-0.2, -0.15) is 13.2 Å². The zero-order chi connectivity index (χ0) is 21.6. The van der Waals surface area contributed by atoms with Crippen LogP contribution in [0.1, 0.15) is 24.8 Å². The Labute approximate surface area is 170 Å². The molecule has 2 N–H and O–H groups in total. The van der Waals surface area contributed by atoms with Gasteiger partial charge in [-0.05, 0) is 42.7 Å². The summed E-state index contributed by atoms with van der Waals surface area (Å²) < 4.78 is 46.5. The molecule has 0 saturated heterocycles. The minimum absolute atomic E-state index is 0.000791. The first-order valence-corrected chi connectivity index (χ1v) is 9.29. The lowest BCUT2D eigenvalue weighted by molar-refractivity contribution is -0.154. The number of fused-ring (bicyclic) bond motifs is 1. The van der Waals surface area contributed by atoms with Gasteiger partial charge in [-0.15, -0.1) is 0 Å². The van der Waals surface area contributed by atoms with Crippen LogP contribution >= 0.6 is 0 Å². The van der Waals surface area contributed by atoms with Gasteiger partial charge < -0.3 is 20.1 Å². The van der Waals surface area contributed by atoms with Gasteiger partial charge in [0.2, 0.25) is 17.7 Å². The topological polar surface area (TPSA) is 89.6 Å². The van der Waals surface area contributed by atoms with Crippen molar-refractivity contribution < 1.29 is 32.2 Å². The smallest absolute Gasteiger partial charge is 0.422 e. The first-order chi connectivity index (χ1) is 14.3. The third-order valence-electron chi connectivity index (χ3n) is 4.19. The van der Waals surface area contributed by atoms with Gasteiger partial charge in [-0.3, -0.25) is 9.59 Å². The van der Waals surface area contributed by atoms with Crippen molar-refractivity contribution in [1.29, 1.82) is 0 Å². The molecule has 0 fully saturated rings. The molecule has 1 aromatic heterocycles. The van der Waals surface area contributed by atoms with Gasteiger partial charge in [0.25, 0.3) is 0 Å². The molecule has 10 heteroatoms. The van der Waals surface area contributed by atoms with Gasteiger partial charge in [0, 0.05) is 24.6 Å². The second-order valence-electron chi connectivity index (χ2n) is 6.66. The SMILES string of the molecule is O=C(CCCOc1ccc2c(c1)CCC(=O)N2)Nc1ccc(OCC(F)(F)F)nc1. The molecule has 0 radical (unpaired) electrons. The van der Waals surface area contributed by atoms with Crippen LogP contribution in [-0.2, 0) is 16.0 Å². The molecule has 160 valence electrons. The number of hydrogen-bond acceptors (Lipinski definition) is 5. The van der Waals surface area contributed by atoms with E-state index in [-0.39, 0.29) is 24.1 Å². The van der Waals surface area contributed by atoms with Crippen molar-refractivity contribution in [3.63, 3.8) is 0 Å². The summed E-state index contributed by atoms with van der Waals surface area (Å²) in [4.78, 5) is 27.1. The fourth-order valence-electron chi connectivity index (χ4n) is 2.79. The number of nitrogens with zero attached hydrogens (tertiary/aromatic N) is 1. The molecular formula is C20H20F3N3O4. The van der Waals surface area contributed by atoms with Crippen molar-refractivity contribution in [1.82, 2.24) is 4.98 Å². The number of pyridine rings is 1. The van der Waals surface area contributed by atoms with Crippen LogP contribution in [-0.4, -0.2) is 36.2 Å². The number of rotatable bonds is 8. The second-order valence-corrected chi connectivity index (χ2v) is 6.66. The molecule has 1 aromatic carbocycles. The molecular weight excluding hydrogens is 403 g/mol. The van der Waals surface area contributed by atoms with Crippen LogP contribution in [0.15, 0.2) is 36.5 Å². The summed E-state index contributed by atoms with van der Waals surface area (Å²) in [6.07, 6.45) is -1.43. The van der Waals surface area contributed by atoms with E-state index in [0.717, 1.165) is 11.3 Å². The van der Waals surface area contributed by atoms with Crippen LogP contribution in [0, 0.1) is 0 Å². The molecule has 0 unspecified atom stereocenters. The second kappa shape index (κ2) is 9.47. The van der Waals surface area contributed by atoms with Crippen molar-refractivity contribution >= 4 is 23.2 Å². The third kappa shape index (κ3) is 6.64. The summed E-state index contributed by atoms with van der Waals surface area (Å²) in [5.41, 5.74) is 2.17. The van der Waals surface area contributed by atoms with Crippen LogP contribution in [0.25, 0.3) is 0 Å². The Hall–Kier alpha value is -3.30. The predicted octanol–water partition coefficient (Wildman–Crippen LogP) is 3.71. The van der Waals surface area contributed by atoms with Crippen LogP contribution in [0.5, 0.6) is 11.6 Å². The van der Waals surface area contributed by atoms with Gasteiger partial charge in [0.1, 0.15) is 5.75 Å². The highest BCUT2D eigenvalue weighted by Crippen LogP contribution is 2.27. The molecule has 0 bridgehead atoms. The fraction of sp³-hybridized carbons (Fsp3) is 0.350. The number of aryl methyl sites for hydroxylation is 1. The number of alkyl halides is 3. The molecule has 0 aliphatic carbocycles. The average Bonchev–Trinajstić information content (AvgIpc) is 2.70. The van der Waals surface area contributed by atoms with Crippen molar-refractivity contribution in [2.24, 2.45) is 0 Å². The zero-order valence-corrected chi connectivity index (χ0v) is 15.9. The molecule has 2 aromatic rings. The maximum absolute atomic E-state index is 12.1. The van der Waals surface area contributed by atoms with Crippen molar-refractivity contribution in [3.8, 4) is 11.6 Å². The Morgan fingerprint density at radius 3 is 2.73 bits per heavy atom. The van der Waals surface area contributed by atoms with E-state index in [1.54, 1.807) is 12.1 Å². The number of halogens is 3. The number of benzene rings is 1. The first kappa shape index (κ1) is 21.4. The fourth-order valence-corrected chi connectivity index (χ4v) is 2.79. The maximum atomic E-state index is 12.1. The molecule has 2 amide bonds. The average molecular weight is 423 g/mol. The maximum Gasteiger partial charge on any atom is 0.422 e. The highest BCUT2D eigenvalue weighted by Gasteiger charge is 2.28. The Morgan fingerprint density at radius 1 is 1.17 bits per heavy atom. The third-order valence-corrected chi connectivity index (χ3v) is 4.19. The zero-order valence-electron chi connectivity index (χ0n) is 15.9. The van der Waals surface area contributed by atoms with E-state index in [2.05, 4.69) is 20.4 Å². The van der Waals surface area contributed by atoms with Crippen LogP contribution in [0.2, 0.25) is 0 Å². The summed E-state index contributed by atoms with van der Waals surface area (Å²) in [5.74, 6) is 0.227. The molecule has 0 spiro atoms. The molecule has 7 nitrogen and oxygen atoms in total. The van der Waals surface area contributed by atoms with Crippen LogP contribution in [0.4, 0.5) is 24.5 Å². The lowest BCUT2D eigenvalue weighted by atomic mass is 10.0. The number of ether oxygens (including phenoxy) is 2. The summed E-state index contributed by atoms with van der Waals surface area (Å²) in [6.45, 7) is -1.09. The van der Waals surface area contributed by atoms with E-state index < -0.39 is 12.8 Å². The Bertz CT molecular complexity index is 901. The minimum Gasteiger partial charge on any atom is -0.494 e. The number of amides is 2. The van der Waals surface area contributed by atoms with Gasteiger partial charge in [-0.1, -0.05) is 0 Å². The molecule has 30 heavy (non-hydrogen) atoms. The van der Waals surface area contributed by atoms with Crippen molar-refractivity contribution in [3.05, 3.63) is 42.1 Å². The molecule has 0 atom stereocenters. The quantitative estimate of drug-likeness (QED) is 0.632. The standard InChI is InChI=1S/C20H20F3N3O4/c21-20(22,23)12-30-19-8-4-14(11-24-19)25-17(27)2-1-9-29-15-5-6-16-13(10-15)3-7-18(28)26-16/h4-6,8,10-11H,1-3,7,9,12H2,(H,25,27)(H,26,28). The Balaban J connectivity index is 1.37. The van der Waals surface area contributed by atoms with Crippen molar-refractivity contribution in [2.75, 3.05) is 23.8 Å². The first-order valence-electron chi connectivity index (χ1n) is 9.29. The normalized spacial score (nSPS) is 13.2. The van der Waals surface area contributed by atoms with Gasteiger partial charge >= 0.3 is 6.18 Å². The van der Waals surface area contributed by atoms with Crippen molar-refractivity contribution in [2.45, 2.75) is 31.9 Å². The number of nitrogens with one attached hydrogen (secondary N) is 2. The molecule has 0 saturated carbocycles. The number of carbonyl (C=O) groups is 2. The van der Waals surface area contributed by atoms with E-state index >= 15 is 0 Å². The van der Waals surface area contributed by atoms with Crippen LogP contribution < -0.4 is 20.1 Å². The van der Waals surface area contributed by atoms with Gasteiger partial charge in [0.05, 0.1) is 18.5 Å². The summed E-state index contributed by atoms with van der Waals surface area (Å²) >= 11 is 0. The van der Waals surface area contributed by atoms with Gasteiger partial charge in [0.15, 0.2) is 6.61 Å². The highest BCUT2D eigenvalue weighted by atomic mass is 19.4. The minimum atomic E-state index is -4.44. The number of anilines is 2. The Kier molecular flexibility index (Phi) is 6.76. The van der Waals surface area contributed by atoms with Crippen LogP contribution in [0.3, 0.4) is 0 Å².